The Balaban J connectivity index is 1.69. The third-order valence-corrected chi connectivity index (χ3v) is 6.29. The summed E-state index contributed by atoms with van der Waals surface area (Å²) in [5.41, 5.74) is 0.718. The van der Waals surface area contributed by atoms with E-state index in [0.717, 1.165) is 15.5 Å². The largest absolute Gasteiger partial charge is 0.348 e. The average molecular weight is 375 g/mol. The van der Waals surface area contributed by atoms with E-state index in [1.54, 1.807) is 11.3 Å². The molecule has 4 nitrogen and oxygen atoms in total. The molecule has 0 saturated carbocycles. The zero-order valence-electron chi connectivity index (χ0n) is 14.5. The van der Waals surface area contributed by atoms with Crippen LogP contribution >= 0.6 is 23.1 Å². The van der Waals surface area contributed by atoms with Gasteiger partial charge in [0.15, 0.2) is 0 Å². The van der Waals surface area contributed by atoms with Crippen LogP contribution in [0.4, 0.5) is 5.69 Å². The van der Waals surface area contributed by atoms with Crippen LogP contribution in [-0.4, -0.2) is 17.1 Å². The first kappa shape index (κ1) is 18.0. The van der Waals surface area contributed by atoms with Crippen LogP contribution in [0.1, 0.15) is 38.1 Å². The van der Waals surface area contributed by atoms with E-state index in [2.05, 4.69) is 31.4 Å². The number of hydrogen-bond acceptors (Lipinski definition) is 4. The van der Waals surface area contributed by atoms with Crippen LogP contribution in [0.15, 0.2) is 46.7 Å². The van der Waals surface area contributed by atoms with Crippen molar-refractivity contribution in [3.8, 4) is 0 Å². The van der Waals surface area contributed by atoms with E-state index in [1.807, 2.05) is 41.8 Å². The third-order valence-electron chi connectivity index (χ3n) is 4.08. The summed E-state index contributed by atoms with van der Waals surface area (Å²) in [6, 6.07) is 11.6. The Morgan fingerprint density at radius 2 is 2.00 bits per heavy atom. The number of carbonyl (C=O) groups is 2. The summed E-state index contributed by atoms with van der Waals surface area (Å²) >= 11 is 3.09. The van der Waals surface area contributed by atoms with Crippen molar-refractivity contribution < 1.29 is 9.59 Å². The fourth-order valence-electron chi connectivity index (χ4n) is 2.79. The SMILES string of the molecule is CC(C)(C)C(NC(=O)CC1Sc2ccccc2NC1=O)c1cccs1. The Morgan fingerprint density at radius 1 is 1.24 bits per heavy atom. The second-order valence-electron chi connectivity index (χ2n) is 7.18. The molecule has 2 aromatic rings. The van der Waals surface area contributed by atoms with Gasteiger partial charge >= 0.3 is 0 Å². The molecule has 0 bridgehead atoms. The molecule has 2 amide bonds. The Hall–Kier alpha value is -1.79. The number of carbonyl (C=O) groups excluding carboxylic acids is 2. The van der Waals surface area contributed by atoms with Gasteiger partial charge in [0.1, 0.15) is 0 Å². The van der Waals surface area contributed by atoms with Crippen LogP contribution in [0.25, 0.3) is 0 Å². The summed E-state index contributed by atoms with van der Waals surface area (Å²) in [5, 5.41) is 7.63. The van der Waals surface area contributed by atoms with Gasteiger partial charge in [-0.05, 0) is 29.0 Å². The quantitative estimate of drug-likeness (QED) is 0.831. The normalized spacial score (nSPS) is 18.2. The molecule has 0 saturated heterocycles. The molecule has 3 rings (SSSR count). The van der Waals surface area contributed by atoms with E-state index in [-0.39, 0.29) is 29.7 Å². The number of amides is 2. The molecule has 1 aromatic carbocycles. The van der Waals surface area contributed by atoms with Crippen molar-refractivity contribution in [2.75, 3.05) is 5.32 Å². The first-order valence-corrected chi connectivity index (χ1v) is 10.00. The van der Waals surface area contributed by atoms with Gasteiger partial charge in [-0.25, -0.2) is 0 Å². The molecule has 2 unspecified atom stereocenters. The van der Waals surface area contributed by atoms with Crippen molar-refractivity contribution in [2.24, 2.45) is 5.41 Å². The minimum absolute atomic E-state index is 0.0658. The summed E-state index contributed by atoms with van der Waals surface area (Å²) < 4.78 is 0. The molecule has 25 heavy (non-hydrogen) atoms. The van der Waals surface area contributed by atoms with Gasteiger partial charge in [-0.3, -0.25) is 9.59 Å². The fraction of sp³-hybridized carbons (Fsp3) is 0.368. The number of nitrogens with one attached hydrogen (secondary N) is 2. The Labute approximate surface area is 156 Å². The van der Waals surface area contributed by atoms with E-state index in [4.69, 9.17) is 0 Å². The minimum atomic E-state index is -0.404. The van der Waals surface area contributed by atoms with E-state index in [0.29, 0.717) is 0 Å². The van der Waals surface area contributed by atoms with Gasteiger partial charge in [-0.15, -0.1) is 23.1 Å². The monoisotopic (exact) mass is 374 g/mol. The summed E-state index contributed by atoms with van der Waals surface area (Å²) in [6.45, 7) is 6.32. The maximum atomic E-state index is 12.6. The number of hydrogen-bond donors (Lipinski definition) is 2. The molecule has 1 aliphatic rings. The molecule has 2 heterocycles. The van der Waals surface area contributed by atoms with Crippen molar-refractivity contribution in [3.05, 3.63) is 46.7 Å². The predicted molar refractivity (Wildman–Crippen MR) is 104 cm³/mol. The molecule has 132 valence electrons. The predicted octanol–water partition coefficient (Wildman–Crippen LogP) is 4.45. The van der Waals surface area contributed by atoms with Crippen molar-refractivity contribution in [3.63, 3.8) is 0 Å². The molecular weight excluding hydrogens is 352 g/mol. The molecular formula is C19H22N2O2S2. The molecule has 0 aliphatic carbocycles. The third kappa shape index (κ3) is 4.25. The average Bonchev–Trinajstić information content (AvgIpc) is 3.06. The minimum Gasteiger partial charge on any atom is -0.348 e. The first-order chi connectivity index (χ1) is 11.8. The van der Waals surface area contributed by atoms with Crippen LogP contribution < -0.4 is 10.6 Å². The fourth-order valence-corrected chi connectivity index (χ4v) is 4.92. The van der Waals surface area contributed by atoms with Gasteiger partial charge in [-0.2, -0.15) is 0 Å². The van der Waals surface area contributed by atoms with Gasteiger partial charge in [0.2, 0.25) is 11.8 Å². The summed E-state index contributed by atoms with van der Waals surface area (Å²) in [4.78, 5) is 27.1. The lowest BCUT2D eigenvalue weighted by Crippen LogP contribution is -2.39. The van der Waals surface area contributed by atoms with Crippen molar-refractivity contribution in [1.29, 1.82) is 0 Å². The molecule has 0 fully saturated rings. The molecule has 2 N–H and O–H groups in total. The Morgan fingerprint density at radius 3 is 2.68 bits per heavy atom. The van der Waals surface area contributed by atoms with Crippen LogP contribution in [0.2, 0.25) is 0 Å². The summed E-state index contributed by atoms with van der Waals surface area (Å²) in [7, 11) is 0. The maximum absolute atomic E-state index is 12.6. The number of thiophene rings is 1. The van der Waals surface area contributed by atoms with Crippen LogP contribution in [0, 0.1) is 5.41 Å². The maximum Gasteiger partial charge on any atom is 0.238 e. The molecule has 2 atom stereocenters. The molecule has 0 radical (unpaired) electrons. The lowest BCUT2D eigenvalue weighted by molar-refractivity contribution is -0.125. The second-order valence-corrected chi connectivity index (χ2v) is 9.40. The zero-order chi connectivity index (χ0) is 18.0. The molecule has 1 aliphatic heterocycles. The number of fused-ring (bicyclic) bond motifs is 1. The van der Waals surface area contributed by atoms with Crippen LogP contribution in [-0.2, 0) is 9.59 Å². The van der Waals surface area contributed by atoms with Gasteiger partial charge in [-0.1, -0.05) is 39.0 Å². The molecule has 0 spiro atoms. The Bertz CT molecular complexity index is 766. The number of benzene rings is 1. The number of thioether (sulfide) groups is 1. The standard InChI is InChI=1S/C19H22N2O2S2/c1-19(2,3)17(14-9-6-10-24-14)21-16(22)11-15-18(23)20-12-7-4-5-8-13(12)25-15/h4-10,15,17H,11H2,1-3H3,(H,20,23)(H,21,22). The number of rotatable bonds is 4. The number of para-hydroxylation sites is 1. The van der Waals surface area contributed by atoms with Crippen molar-refractivity contribution >= 4 is 40.6 Å². The first-order valence-electron chi connectivity index (χ1n) is 8.24. The van der Waals surface area contributed by atoms with Crippen LogP contribution in [0.5, 0.6) is 0 Å². The highest BCUT2D eigenvalue weighted by Crippen LogP contribution is 2.38. The van der Waals surface area contributed by atoms with Gasteiger partial charge < -0.3 is 10.6 Å². The highest BCUT2D eigenvalue weighted by molar-refractivity contribution is 8.01. The van der Waals surface area contributed by atoms with Crippen molar-refractivity contribution in [2.45, 2.75) is 43.4 Å². The molecule has 1 aromatic heterocycles. The Kier molecular flexibility index (Phi) is 5.20. The lowest BCUT2D eigenvalue weighted by Gasteiger charge is -2.31. The van der Waals surface area contributed by atoms with Crippen LogP contribution in [0.3, 0.4) is 0 Å². The summed E-state index contributed by atoms with van der Waals surface area (Å²) in [5.74, 6) is -0.206. The highest BCUT2D eigenvalue weighted by Gasteiger charge is 2.32. The topological polar surface area (TPSA) is 58.2 Å². The number of anilines is 1. The highest BCUT2D eigenvalue weighted by atomic mass is 32.2. The molecule has 6 heteroatoms. The zero-order valence-corrected chi connectivity index (χ0v) is 16.2. The van der Waals surface area contributed by atoms with Gasteiger partial charge in [0, 0.05) is 16.2 Å². The van der Waals surface area contributed by atoms with Gasteiger partial charge in [0.25, 0.3) is 0 Å². The second kappa shape index (κ2) is 7.22. The summed E-state index contributed by atoms with van der Waals surface area (Å²) in [6.07, 6.45) is 0.169. The van der Waals surface area contributed by atoms with E-state index in [1.165, 1.54) is 11.8 Å². The van der Waals surface area contributed by atoms with E-state index >= 15 is 0 Å². The smallest absolute Gasteiger partial charge is 0.238 e. The van der Waals surface area contributed by atoms with E-state index in [9.17, 15) is 9.59 Å². The van der Waals surface area contributed by atoms with E-state index < -0.39 is 5.25 Å². The van der Waals surface area contributed by atoms with Crippen molar-refractivity contribution in [1.82, 2.24) is 5.32 Å². The van der Waals surface area contributed by atoms with Gasteiger partial charge in [0.05, 0.1) is 17.0 Å². The lowest BCUT2D eigenvalue weighted by atomic mass is 9.85.